The number of thiazole rings is 1. The fourth-order valence-electron chi connectivity index (χ4n) is 1.36. The molecule has 2 aromatic rings. The number of aromatic nitrogens is 2. The Morgan fingerprint density at radius 3 is 2.85 bits per heavy atom. The molecular formula is C8H10BrN3S. The third-order valence-electron chi connectivity index (χ3n) is 2.18. The molecule has 0 radical (unpaired) electrons. The summed E-state index contributed by atoms with van der Waals surface area (Å²) in [6.07, 6.45) is 0. The second-order valence-electron chi connectivity index (χ2n) is 2.93. The molecular weight excluding hydrogens is 250 g/mol. The molecule has 0 unspecified atom stereocenters. The Labute approximate surface area is 88.7 Å². The highest BCUT2D eigenvalue weighted by Crippen LogP contribution is 2.29. The lowest BCUT2D eigenvalue weighted by molar-refractivity contribution is 0.932. The summed E-state index contributed by atoms with van der Waals surface area (Å²) in [6, 6.07) is 0. The van der Waals surface area contributed by atoms with Crippen molar-refractivity contribution in [2.75, 3.05) is 0 Å². The molecule has 0 amide bonds. The van der Waals surface area contributed by atoms with Crippen LogP contribution in [0.5, 0.6) is 0 Å². The molecule has 2 rings (SSSR count). The second kappa shape index (κ2) is 3.08. The number of imidazole rings is 1. The molecule has 0 fully saturated rings. The molecule has 0 atom stereocenters. The van der Waals surface area contributed by atoms with Crippen molar-refractivity contribution in [3.63, 3.8) is 0 Å². The van der Waals surface area contributed by atoms with Crippen LogP contribution in [-0.2, 0) is 6.54 Å². The van der Waals surface area contributed by atoms with Gasteiger partial charge in [0.05, 0.1) is 15.2 Å². The Morgan fingerprint density at radius 2 is 2.23 bits per heavy atom. The highest BCUT2D eigenvalue weighted by Gasteiger charge is 2.13. The van der Waals surface area contributed by atoms with Crippen molar-refractivity contribution in [3.05, 3.63) is 20.9 Å². The maximum absolute atomic E-state index is 5.67. The summed E-state index contributed by atoms with van der Waals surface area (Å²) in [5.74, 6) is 0. The number of halogens is 1. The van der Waals surface area contributed by atoms with Gasteiger partial charge in [-0.1, -0.05) is 11.3 Å². The van der Waals surface area contributed by atoms with Gasteiger partial charge >= 0.3 is 0 Å². The minimum atomic E-state index is 0.539. The Kier molecular flexibility index (Phi) is 2.17. The molecule has 0 aliphatic heterocycles. The minimum absolute atomic E-state index is 0.539. The Bertz CT molecular complexity index is 457. The number of hydrogen-bond acceptors (Lipinski definition) is 3. The van der Waals surface area contributed by atoms with E-state index >= 15 is 0 Å². The van der Waals surface area contributed by atoms with Gasteiger partial charge in [0.1, 0.15) is 0 Å². The lowest BCUT2D eigenvalue weighted by atomic mass is 10.4. The van der Waals surface area contributed by atoms with Crippen LogP contribution in [0.1, 0.15) is 17.1 Å². The molecule has 70 valence electrons. The van der Waals surface area contributed by atoms with Crippen molar-refractivity contribution in [3.8, 4) is 0 Å². The second-order valence-corrected chi connectivity index (χ2v) is 5.22. The molecule has 2 aromatic heterocycles. The maximum Gasteiger partial charge on any atom is 0.195 e. The molecule has 5 heteroatoms. The van der Waals surface area contributed by atoms with Gasteiger partial charge in [-0.25, -0.2) is 4.98 Å². The normalized spacial score (nSPS) is 11.4. The smallest absolute Gasteiger partial charge is 0.195 e. The molecule has 2 heterocycles. The van der Waals surface area contributed by atoms with Gasteiger partial charge in [-0.2, -0.15) is 0 Å². The van der Waals surface area contributed by atoms with E-state index < -0.39 is 0 Å². The summed E-state index contributed by atoms with van der Waals surface area (Å²) >= 11 is 5.11. The van der Waals surface area contributed by atoms with Gasteiger partial charge in [0, 0.05) is 12.2 Å². The van der Waals surface area contributed by atoms with E-state index in [1.807, 2.05) is 6.92 Å². The van der Waals surface area contributed by atoms with Gasteiger partial charge in [0.15, 0.2) is 4.96 Å². The van der Waals surface area contributed by atoms with Crippen molar-refractivity contribution in [1.82, 2.24) is 9.38 Å². The predicted molar refractivity (Wildman–Crippen MR) is 58.1 cm³/mol. The van der Waals surface area contributed by atoms with E-state index in [9.17, 15) is 0 Å². The lowest BCUT2D eigenvalue weighted by Gasteiger charge is -1.97. The third kappa shape index (κ3) is 1.22. The molecule has 0 saturated heterocycles. The molecule has 13 heavy (non-hydrogen) atoms. The monoisotopic (exact) mass is 259 g/mol. The van der Waals surface area contributed by atoms with Crippen LogP contribution >= 0.6 is 27.3 Å². The zero-order valence-electron chi connectivity index (χ0n) is 7.47. The van der Waals surface area contributed by atoms with E-state index in [0.717, 1.165) is 20.1 Å². The Balaban J connectivity index is 2.86. The summed E-state index contributed by atoms with van der Waals surface area (Å²) < 4.78 is 3.20. The fraction of sp³-hybridized carbons (Fsp3) is 0.375. The first-order valence-corrected chi connectivity index (χ1v) is 5.59. The summed E-state index contributed by atoms with van der Waals surface area (Å²) in [5.41, 5.74) is 9.03. The lowest BCUT2D eigenvalue weighted by Crippen LogP contribution is -2.02. The first-order valence-electron chi connectivity index (χ1n) is 3.98. The van der Waals surface area contributed by atoms with Crippen molar-refractivity contribution in [2.24, 2.45) is 5.73 Å². The van der Waals surface area contributed by atoms with Gasteiger partial charge in [0.25, 0.3) is 0 Å². The van der Waals surface area contributed by atoms with Crippen LogP contribution in [-0.4, -0.2) is 9.38 Å². The Hall–Kier alpha value is -0.390. The molecule has 0 aliphatic carbocycles. The highest BCUT2D eigenvalue weighted by atomic mass is 79.9. The first-order chi connectivity index (χ1) is 6.15. The Morgan fingerprint density at radius 1 is 1.54 bits per heavy atom. The standard InChI is InChI=1S/C8H10BrN3S/c1-4-5(2)12-6(3-10)7(9)13-8(12)11-4/h3,10H2,1-2H3. The van der Waals surface area contributed by atoms with E-state index in [0.29, 0.717) is 6.54 Å². The van der Waals surface area contributed by atoms with Gasteiger partial charge in [-0.15, -0.1) is 0 Å². The number of aryl methyl sites for hydroxylation is 2. The third-order valence-corrected chi connectivity index (χ3v) is 4.00. The zero-order chi connectivity index (χ0) is 9.59. The van der Waals surface area contributed by atoms with Crippen LogP contribution in [0.15, 0.2) is 3.79 Å². The highest BCUT2D eigenvalue weighted by molar-refractivity contribution is 9.11. The summed E-state index contributed by atoms with van der Waals surface area (Å²) in [4.78, 5) is 5.45. The van der Waals surface area contributed by atoms with Crippen molar-refractivity contribution < 1.29 is 0 Å². The van der Waals surface area contributed by atoms with Crippen LogP contribution in [0.4, 0.5) is 0 Å². The van der Waals surface area contributed by atoms with Crippen LogP contribution in [0.25, 0.3) is 4.96 Å². The molecule has 0 spiro atoms. The van der Waals surface area contributed by atoms with Crippen LogP contribution in [0.2, 0.25) is 0 Å². The van der Waals surface area contributed by atoms with Crippen molar-refractivity contribution >= 4 is 32.2 Å². The predicted octanol–water partition coefficient (Wildman–Crippen LogP) is 2.23. The molecule has 0 aliphatic rings. The van der Waals surface area contributed by atoms with E-state index in [1.54, 1.807) is 11.3 Å². The quantitative estimate of drug-likeness (QED) is 0.854. The molecule has 0 aromatic carbocycles. The zero-order valence-corrected chi connectivity index (χ0v) is 9.87. The number of nitrogens with zero attached hydrogens (tertiary/aromatic N) is 2. The number of fused-ring (bicyclic) bond motifs is 1. The van der Waals surface area contributed by atoms with E-state index in [-0.39, 0.29) is 0 Å². The van der Waals surface area contributed by atoms with Gasteiger partial charge in [-0.05, 0) is 29.8 Å². The summed E-state index contributed by atoms with van der Waals surface area (Å²) in [6.45, 7) is 4.62. The molecule has 0 saturated carbocycles. The number of nitrogens with two attached hydrogens (primary N) is 1. The van der Waals surface area contributed by atoms with E-state index in [2.05, 4.69) is 32.2 Å². The number of hydrogen-bond donors (Lipinski definition) is 1. The van der Waals surface area contributed by atoms with Crippen LogP contribution in [0.3, 0.4) is 0 Å². The minimum Gasteiger partial charge on any atom is -0.325 e. The molecule has 0 bridgehead atoms. The average molecular weight is 260 g/mol. The summed E-state index contributed by atoms with van der Waals surface area (Å²) in [5, 5.41) is 0. The van der Waals surface area contributed by atoms with Crippen LogP contribution in [0, 0.1) is 13.8 Å². The molecule has 3 nitrogen and oxygen atoms in total. The van der Waals surface area contributed by atoms with Crippen molar-refractivity contribution in [2.45, 2.75) is 20.4 Å². The van der Waals surface area contributed by atoms with Crippen LogP contribution < -0.4 is 5.73 Å². The van der Waals surface area contributed by atoms with Gasteiger partial charge < -0.3 is 5.73 Å². The average Bonchev–Trinajstić information content (AvgIpc) is 2.51. The maximum atomic E-state index is 5.67. The topological polar surface area (TPSA) is 43.3 Å². The largest absolute Gasteiger partial charge is 0.325 e. The summed E-state index contributed by atoms with van der Waals surface area (Å²) in [7, 11) is 0. The molecule has 2 N–H and O–H groups in total. The number of rotatable bonds is 1. The first kappa shape index (κ1) is 9.18. The van der Waals surface area contributed by atoms with E-state index in [1.165, 1.54) is 5.69 Å². The SMILES string of the molecule is Cc1nc2sc(Br)c(CN)n2c1C. The van der Waals surface area contributed by atoms with Gasteiger partial charge in [-0.3, -0.25) is 4.40 Å². The van der Waals surface area contributed by atoms with Crippen molar-refractivity contribution in [1.29, 1.82) is 0 Å². The van der Waals surface area contributed by atoms with E-state index in [4.69, 9.17) is 5.73 Å². The fourth-order valence-corrected chi connectivity index (χ4v) is 3.11. The van der Waals surface area contributed by atoms with Gasteiger partial charge in [0.2, 0.25) is 0 Å².